The summed E-state index contributed by atoms with van der Waals surface area (Å²) in [6.45, 7) is 12.6. The highest BCUT2D eigenvalue weighted by Crippen LogP contribution is 2.36. The van der Waals surface area contributed by atoms with E-state index in [-0.39, 0.29) is 51.3 Å². The highest BCUT2D eigenvalue weighted by molar-refractivity contribution is 7.13. The summed E-state index contributed by atoms with van der Waals surface area (Å²) in [5, 5.41) is 22.2. The molecule has 75 heavy (non-hydrogen) atoms. The molecule has 0 unspecified atom stereocenters. The van der Waals surface area contributed by atoms with E-state index in [1.54, 1.807) is 11.3 Å². The van der Waals surface area contributed by atoms with Crippen molar-refractivity contribution in [2.24, 2.45) is 5.41 Å². The lowest BCUT2D eigenvalue weighted by Gasteiger charge is -2.35. The first-order valence-electron chi connectivity index (χ1n) is 26.1. The number of amides is 3. The molecule has 2 aliphatic heterocycles. The summed E-state index contributed by atoms with van der Waals surface area (Å²) in [7, 11) is 0. The minimum absolute atomic E-state index is 0.00538. The van der Waals surface area contributed by atoms with Gasteiger partial charge in [-0.3, -0.25) is 14.4 Å². The van der Waals surface area contributed by atoms with Gasteiger partial charge in [-0.25, -0.2) is 19.6 Å². The van der Waals surface area contributed by atoms with Gasteiger partial charge in [0.2, 0.25) is 17.7 Å². The Balaban J connectivity index is 0.658. The molecule has 3 amide bonds. The highest BCUT2D eigenvalue weighted by atomic mass is 32.1. The molecule has 19 heteroatoms. The van der Waals surface area contributed by atoms with Gasteiger partial charge < -0.3 is 50.2 Å². The van der Waals surface area contributed by atoms with Crippen molar-refractivity contribution < 1.29 is 38.4 Å². The van der Waals surface area contributed by atoms with Gasteiger partial charge in [-0.05, 0) is 92.1 Å². The number of nitrogens with zero attached hydrogens (tertiary/aromatic N) is 7. The molecular weight excluding hydrogens is 973 g/mol. The number of aromatic nitrogens is 5. The van der Waals surface area contributed by atoms with Crippen LogP contribution in [0.15, 0.2) is 90.7 Å². The third-order valence-electron chi connectivity index (χ3n) is 13.7. The van der Waals surface area contributed by atoms with Crippen LogP contribution >= 0.6 is 11.3 Å². The number of hydrogen-bond donors (Lipinski definition) is 4. The number of piperidine rings is 1. The number of rotatable bonds is 25. The Kier molecular flexibility index (Phi) is 19.3. The van der Waals surface area contributed by atoms with Gasteiger partial charge in [0.05, 0.1) is 60.0 Å². The van der Waals surface area contributed by atoms with Gasteiger partial charge in [-0.1, -0.05) is 76.1 Å². The molecule has 2 fully saturated rings. The van der Waals surface area contributed by atoms with Crippen molar-refractivity contribution in [2.45, 2.75) is 103 Å². The number of carbonyl (C=O) groups excluding carboxylic acids is 3. The van der Waals surface area contributed by atoms with Gasteiger partial charge in [0.25, 0.3) is 0 Å². The number of β-amino-alcohol motifs (C(OH)–C–C–N with tert-alkyl or cyclic N) is 1. The van der Waals surface area contributed by atoms with Crippen molar-refractivity contribution in [1.82, 2.24) is 45.2 Å². The number of hydrogen-bond acceptors (Lipinski definition) is 15. The predicted octanol–water partition coefficient (Wildman–Crippen LogP) is 7.36. The molecule has 2 saturated heterocycles. The molecule has 2 aliphatic rings. The molecule has 5 heterocycles. The Hall–Kier alpha value is -6.35. The first kappa shape index (κ1) is 54.9. The van der Waals surface area contributed by atoms with E-state index in [2.05, 4.69) is 35.2 Å². The van der Waals surface area contributed by atoms with Crippen LogP contribution in [0.3, 0.4) is 0 Å². The smallest absolute Gasteiger partial charge is 0.246 e. The summed E-state index contributed by atoms with van der Waals surface area (Å²) < 4.78 is 25.1. The van der Waals surface area contributed by atoms with Crippen molar-refractivity contribution in [3.8, 4) is 33.2 Å². The maximum Gasteiger partial charge on any atom is 0.246 e. The number of para-hydroxylation sites is 1. The van der Waals surface area contributed by atoms with Crippen LogP contribution in [0.25, 0.3) is 32.7 Å². The maximum atomic E-state index is 14.0. The molecule has 5 N–H and O–H groups in total. The first-order chi connectivity index (χ1) is 36.3. The van der Waals surface area contributed by atoms with E-state index in [9.17, 15) is 19.5 Å². The van der Waals surface area contributed by atoms with Gasteiger partial charge >= 0.3 is 0 Å². The zero-order valence-electron chi connectivity index (χ0n) is 43.6. The molecular formula is C56H72N10O8S. The number of aryl methyl sites for hydroxylation is 1. The Bertz CT molecular complexity index is 2780. The number of nitrogen functional groups attached to an aromatic ring is 1. The van der Waals surface area contributed by atoms with E-state index in [1.807, 2.05) is 112 Å². The second-order valence-corrected chi connectivity index (χ2v) is 21.3. The average Bonchev–Trinajstić information content (AvgIpc) is 4.15. The lowest BCUT2D eigenvalue weighted by Crippen LogP contribution is -2.58. The monoisotopic (exact) mass is 1040 g/mol. The number of nitrogens with two attached hydrogens (primary N) is 1. The molecule has 0 spiro atoms. The van der Waals surface area contributed by atoms with E-state index >= 15 is 0 Å². The normalized spacial score (nSPS) is 16.8. The molecule has 0 radical (unpaired) electrons. The zero-order valence-corrected chi connectivity index (χ0v) is 44.4. The fourth-order valence-electron chi connectivity index (χ4n) is 9.63. The van der Waals surface area contributed by atoms with E-state index in [0.29, 0.717) is 25.6 Å². The lowest BCUT2D eigenvalue weighted by molar-refractivity contribution is -0.144. The number of likely N-dealkylation sites (tertiary alicyclic amines) is 2. The fourth-order valence-corrected chi connectivity index (χ4v) is 10.4. The number of thiazole rings is 1. The molecule has 0 bridgehead atoms. The summed E-state index contributed by atoms with van der Waals surface area (Å²) in [6, 6.07) is 23.9. The second kappa shape index (κ2) is 26.4. The number of aliphatic hydroxyl groups excluding tert-OH is 1. The summed E-state index contributed by atoms with van der Waals surface area (Å²) >= 11 is 1.58. The predicted molar refractivity (Wildman–Crippen MR) is 289 cm³/mol. The van der Waals surface area contributed by atoms with Crippen LogP contribution in [0, 0.1) is 12.3 Å². The van der Waals surface area contributed by atoms with Gasteiger partial charge in [0.1, 0.15) is 48.0 Å². The minimum atomic E-state index is -0.949. The van der Waals surface area contributed by atoms with Crippen LogP contribution < -0.4 is 21.1 Å². The first-order valence-corrected chi connectivity index (χ1v) is 27.0. The summed E-state index contributed by atoms with van der Waals surface area (Å²) in [5.41, 5.74) is 13.0. The zero-order chi connectivity index (χ0) is 52.7. The van der Waals surface area contributed by atoms with Crippen LogP contribution in [-0.4, -0.2) is 141 Å². The topological polar surface area (TPSA) is 221 Å². The van der Waals surface area contributed by atoms with Gasteiger partial charge in [-0.15, -0.1) is 11.3 Å². The van der Waals surface area contributed by atoms with Crippen LogP contribution in [0.4, 0.5) is 5.82 Å². The van der Waals surface area contributed by atoms with Crippen molar-refractivity contribution in [3.05, 3.63) is 102 Å². The number of fused-ring (bicyclic) bond motifs is 1. The third kappa shape index (κ3) is 15.0. The Labute approximate surface area is 443 Å². The molecule has 400 valence electrons. The van der Waals surface area contributed by atoms with Gasteiger partial charge in [0, 0.05) is 44.8 Å². The second-order valence-electron chi connectivity index (χ2n) is 20.4. The Morgan fingerprint density at radius 1 is 0.827 bits per heavy atom. The number of carbonyl (C=O) groups is 3. The van der Waals surface area contributed by atoms with Crippen molar-refractivity contribution in [2.75, 3.05) is 71.6 Å². The SMILES string of the molecule is Cc1ncsc1-c1ccc(CNC(=O)[C@@H]2C[C@@H](O)CN2C(=O)[C@@H](NC(=O)COCCOCCOCCCCCCN2CCC(n3nc(-c4ccc(Oc5ccccc5)cc4)c4c(N)ncnc43)CC2)C(C)(C)C)cc1. The molecule has 3 atom stereocenters. The highest BCUT2D eigenvalue weighted by Gasteiger charge is 2.44. The standard InChI is InChI=1S/C56H72N10O8S/c1-38-50(75-37-61-38)41-16-14-39(15-17-41)33-58-54(69)46-32-43(67)34-65(46)55(70)51(56(2,3)4)62-47(68)35-73-31-30-72-29-28-71-27-11-6-5-10-24-64-25-22-42(23-26-64)66-53-48(52(57)59-36-60-53)49(63-66)40-18-20-45(21-19-40)74-44-12-8-7-9-13-44/h7-9,12-21,36-37,42-43,46,51,67H,5-6,10-11,22-35H2,1-4H3,(H,58,69)(H,62,68)(H2,57,59,60)/t43-,46+,51-/m1/s1. The van der Waals surface area contributed by atoms with Gasteiger partial charge in [0.15, 0.2) is 5.65 Å². The average molecular weight is 1050 g/mol. The summed E-state index contributed by atoms with van der Waals surface area (Å²) in [5.74, 6) is 0.693. The van der Waals surface area contributed by atoms with Crippen molar-refractivity contribution >= 4 is 45.9 Å². The fraction of sp³-hybridized carbons (Fsp3) is 0.482. The van der Waals surface area contributed by atoms with Crippen LogP contribution in [0.2, 0.25) is 0 Å². The number of unbranched alkanes of at least 4 members (excludes halogenated alkanes) is 3. The molecule has 0 saturated carbocycles. The van der Waals surface area contributed by atoms with Crippen LogP contribution in [-0.2, 0) is 35.1 Å². The summed E-state index contributed by atoms with van der Waals surface area (Å²) in [4.78, 5) is 58.7. The number of benzene rings is 3. The van der Waals surface area contributed by atoms with E-state index < -0.39 is 35.4 Å². The molecule has 18 nitrogen and oxygen atoms in total. The Morgan fingerprint density at radius 2 is 1.51 bits per heavy atom. The van der Waals surface area contributed by atoms with Crippen molar-refractivity contribution in [3.63, 3.8) is 0 Å². The van der Waals surface area contributed by atoms with E-state index in [4.69, 9.17) is 29.8 Å². The number of aliphatic hydroxyl groups is 1. The van der Waals surface area contributed by atoms with Crippen LogP contribution in [0.1, 0.15) is 83.0 Å². The van der Waals surface area contributed by atoms with E-state index in [1.165, 1.54) is 11.2 Å². The minimum Gasteiger partial charge on any atom is -0.457 e. The third-order valence-corrected chi connectivity index (χ3v) is 14.7. The molecule has 3 aromatic carbocycles. The summed E-state index contributed by atoms with van der Waals surface area (Å²) in [6.07, 6.45) is 7.07. The molecule has 6 aromatic rings. The van der Waals surface area contributed by atoms with E-state index in [0.717, 1.165) is 114 Å². The maximum absolute atomic E-state index is 14.0. The molecule has 8 rings (SSSR count). The quantitative estimate of drug-likeness (QED) is 0.0412. The van der Waals surface area contributed by atoms with Gasteiger partial charge in [-0.2, -0.15) is 5.10 Å². The number of ether oxygens (including phenoxy) is 4. The molecule has 0 aliphatic carbocycles. The molecule has 3 aromatic heterocycles. The largest absolute Gasteiger partial charge is 0.457 e. The van der Waals surface area contributed by atoms with Crippen LogP contribution in [0.5, 0.6) is 11.5 Å². The number of nitrogens with one attached hydrogen (secondary N) is 2. The Morgan fingerprint density at radius 3 is 2.21 bits per heavy atom. The number of anilines is 1. The van der Waals surface area contributed by atoms with Crippen molar-refractivity contribution in [1.29, 1.82) is 0 Å². The lowest BCUT2D eigenvalue weighted by atomic mass is 9.85.